The lowest BCUT2D eigenvalue weighted by molar-refractivity contribution is -0.137. The molecule has 0 aromatic heterocycles. The molecule has 1 saturated carbocycles. The lowest BCUT2D eigenvalue weighted by atomic mass is 10.1. The molecule has 1 amide bonds. The van der Waals surface area contributed by atoms with Crippen molar-refractivity contribution in [1.82, 2.24) is 5.32 Å². The molecule has 2 N–H and O–H groups in total. The van der Waals surface area contributed by atoms with Crippen LogP contribution in [0.2, 0.25) is 0 Å². The van der Waals surface area contributed by atoms with Crippen LogP contribution in [-0.4, -0.2) is 37.2 Å². The predicted molar refractivity (Wildman–Crippen MR) is 80.3 cm³/mol. The first kappa shape index (κ1) is 16.1. The first-order chi connectivity index (χ1) is 10.5. The minimum Gasteiger partial charge on any atom is -0.497 e. The zero-order valence-electron chi connectivity index (χ0n) is 13.0. The van der Waals surface area contributed by atoms with Crippen LogP contribution in [-0.2, 0) is 9.59 Å². The van der Waals surface area contributed by atoms with Crippen LogP contribution in [0.1, 0.15) is 31.2 Å². The highest BCUT2D eigenvalue weighted by atomic mass is 16.5. The van der Waals surface area contributed by atoms with Gasteiger partial charge in [-0.25, -0.2) is 0 Å². The Morgan fingerprint density at radius 1 is 1.36 bits per heavy atom. The summed E-state index contributed by atoms with van der Waals surface area (Å²) in [6.07, 6.45) is 0.654. The van der Waals surface area contributed by atoms with Crippen molar-refractivity contribution in [3.8, 4) is 11.5 Å². The number of carbonyl (C=O) groups is 2. The van der Waals surface area contributed by atoms with Gasteiger partial charge in [0.25, 0.3) is 0 Å². The molecular formula is C16H21NO5. The molecule has 0 aliphatic heterocycles. The summed E-state index contributed by atoms with van der Waals surface area (Å²) >= 11 is 0. The Bertz CT molecular complexity index is 572. The third-order valence-electron chi connectivity index (χ3n) is 3.83. The van der Waals surface area contributed by atoms with Gasteiger partial charge in [-0.15, -0.1) is 0 Å². The van der Waals surface area contributed by atoms with Gasteiger partial charge in [0, 0.05) is 23.4 Å². The van der Waals surface area contributed by atoms with Crippen LogP contribution in [0.5, 0.6) is 11.5 Å². The first-order valence-electron chi connectivity index (χ1n) is 7.20. The van der Waals surface area contributed by atoms with E-state index in [9.17, 15) is 9.59 Å². The number of nitrogens with one attached hydrogen (secondary N) is 1. The second-order valence-electron chi connectivity index (χ2n) is 5.56. The molecule has 0 saturated heterocycles. The van der Waals surface area contributed by atoms with Crippen LogP contribution in [0, 0.1) is 5.92 Å². The van der Waals surface area contributed by atoms with E-state index in [2.05, 4.69) is 5.32 Å². The fraction of sp³-hybridized carbons (Fsp3) is 0.500. The number of ether oxygens (including phenoxy) is 2. The monoisotopic (exact) mass is 307 g/mol. The van der Waals surface area contributed by atoms with Crippen molar-refractivity contribution < 1.29 is 24.2 Å². The summed E-state index contributed by atoms with van der Waals surface area (Å²) in [5, 5.41) is 11.5. The molecule has 1 aliphatic carbocycles. The summed E-state index contributed by atoms with van der Waals surface area (Å²) in [5.74, 6) is 0.373. The predicted octanol–water partition coefficient (Wildman–Crippen LogP) is 1.79. The quantitative estimate of drug-likeness (QED) is 0.802. The van der Waals surface area contributed by atoms with Crippen molar-refractivity contribution in [2.45, 2.75) is 31.7 Å². The number of rotatable bonds is 7. The summed E-state index contributed by atoms with van der Waals surface area (Å²) in [6.45, 7) is 1.69. The molecule has 1 fully saturated rings. The van der Waals surface area contributed by atoms with Gasteiger partial charge in [-0.05, 0) is 31.5 Å². The Balaban J connectivity index is 2.02. The molecule has 6 heteroatoms. The Hall–Kier alpha value is -2.24. The molecule has 1 aromatic rings. The molecule has 1 aliphatic rings. The normalized spacial score (nSPS) is 20.9. The molecule has 0 bridgehead atoms. The molecule has 6 nitrogen and oxygen atoms in total. The minimum absolute atomic E-state index is 0.0778. The second-order valence-corrected chi connectivity index (χ2v) is 5.56. The van der Waals surface area contributed by atoms with Gasteiger partial charge in [0.15, 0.2) is 0 Å². The van der Waals surface area contributed by atoms with E-state index >= 15 is 0 Å². The van der Waals surface area contributed by atoms with E-state index in [4.69, 9.17) is 14.6 Å². The van der Waals surface area contributed by atoms with E-state index in [1.807, 2.05) is 18.2 Å². The maximum atomic E-state index is 12.2. The number of hydrogen-bond acceptors (Lipinski definition) is 4. The van der Waals surface area contributed by atoms with Crippen molar-refractivity contribution in [3.05, 3.63) is 23.8 Å². The van der Waals surface area contributed by atoms with Gasteiger partial charge < -0.3 is 19.9 Å². The third kappa shape index (κ3) is 3.69. The summed E-state index contributed by atoms with van der Waals surface area (Å²) in [4.78, 5) is 22.8. The van der Waals surface area contributed by atoms with Crippen molar-refractivity contribution in [1.29, 1.82) is 0 Å². The Kier molecular flexibility index (Phi) is 4.90. The third-order valence-corrected chi connectivity index (χ3v) is 3.83. The van der Waals surface area contributed by atoms with Gasteiger partial charge in [0.05, 0.1) is 20.6 Å². The van der Waals surface area contributed by atoms with Crippen LogP contribution in [0.25, 0.3) is 0 Å². The topological polar surface area (TPSA) is 84.9 Å². The Morgan fingerprint density at radius 3 is 2.68 bits per heavy atom. The van der Waals surface area contributed by atoms with E-state index in [0.29, 0.717) is 0 Å². The molecule has 1 aromatic carbocycles. The summed E-state index contributed by atoms with van der Waals surface area (Å²) < 4.78 is 10.6. The van der Waals surface area contributed by atoms with Gasteiger partial charge in [0.2, 0.25) is 5.91 Å². The summed E-state index contributed by atoms with van der Waals surface area (Å²) in [7, 11) is 3.19. The zero-order chi connectivity index (χ0) is 16.3. The molecule has 3 atom stereocenters. The number of hydrogen-bond donors (Lipinski definition) is 2. The van der Waals surface area contributed by atoms with Crippen molar-refractivity contribution in [2.24, 2.45) is 5.92 Å². The molecule has 2 rings (SSSR count). The zero-order valence-corrected chi connectivity index (χ0v) is 13.0. The van der Waals surface area contributed by atoms with Gasteiger partial charge in [0.1, 0.15) is 11.5 Å². The fourth-order valence-corrected chi connectivity index (χ4v) is 2.62. The van der Waals surface area contributed by atoms with Crippen molar-refractivity contribution >= 4 is 11.9 Å². The maximum Gasteiger partial charge on any atom is 0.305 e. The number of carbonyl (C=O) groups excluding carboxylic acids is 1. The number of carboxylic acids is 1. The lowest BCUT2D eigenvalue weighted by Gasteiger charge is -2.13. The van der Waals surface area contributed by atoms with Gasteiger partial charge >= 0.3 is 5.97 Å². The van der Waals surface area contributed by atoms with Crippen LogP contribution in [0.3, 0.4) is 0 Å². The van der Waals surface area contributed by atoms with Gasteiger partial charge in [-0.1, -0.05) is 0 Å². The Morgan fingerprint density at radius 2 is 2.09 bits per heavy atom. The molecule has 120 valence electrons. The number of carboxylic acid groups (broad SMARTS) is 1. The second kappa shape index (κ2) is 6.68. The maximum absolute atomic E-state index is 12.2. The van der Waals surface area contributed by atoms with Gasteiger partial charge in [-0.2, -0.15) is 0 Å². The number of methoxy groups -OCH3 is 2. The molecule has 3 unspecified atom stereocenters. The minimum atomic E-state index is -0.922. The molecule has 22 heavy (non-hydrogen) atoms. The highest BCUT2D eigenvalue weighted by molar-refractivity contribution is 5.84. The largest absolute Gasteiger partial charge is 0.497 e. The molecule has 0 radical (unpaired) electrons. The van der Waals surface area contributed by atoms with E-state index in [1.165, 1.54) is 0 Å². The van der Waals surface area contributed by atoms with E-state index < -0.39 is 5.97 Å². The lowest BCUT2D eigenvalue weighted by Crippen LogP contribution is -2.35. The standard InChI is InChI=1S/C16H21NO5/c1-9(6-15(18)19)17-16(20)13-8-11(13)12-7-10(21-2)4-5-14(12)22-3/h4-5,7,9,11,13H,6,8H2,1-3H3,(H,17,20)(H,18,19). The SMILES string of the molecule is COc1ccc(OC)c(C2CC2C(=O)NC(C)CC(=O)O)c1. The highest BCUT2D eigenvalue weighted by Gasteiger charge is 2.45. The van der Waals surface area contributed by atoms with E-state index in [1.54, 1.807) is 21.1 Å². The summed E-state index contributed by atoms with van der Waals surface area (Å²) in [6, 6.07) is 5.15. The molecule has 0 spiro atoms. The highest BCUT2D eigenvalue weighted by Crippen LogP contribution is 2.51. The van der Waals surface area contributed by atoms with Crippen molar-refractivity contribution in [2.75, 3.05) is 14.2 Å². The fourth-order valence-electron chi connectivity index (χ4n) is 2.62. The van der Waals surface area contributed by atoms with E-state index in [-0.39, 0.29) is 30.2 Å². The summed E-state index contributed by atoms with van der Waals surface area (Å²) in [5.41, 5.74) is 0.952. The number of aliphatic carboxylic acids is 1. The van der Waals surface area contributed by atoms with E-state index in [0.717, 1.165) is 23.5 Å². The van der Waals surface area contributed by atoms with Gasteiger partial charge in [-0.3, -0.25) is 9.59 Å². The number of benzene rings is 1. The average molecular weight is 307 g/mol. The number of amides is 1. The molecule has 0 heterocycles. The van der Waals surface area contributed by atoms with Crippen LogP contribution in [0.4, 0.5) is 0 Å². The smallest absolute Gasteiger partial charge is 0.305 e. The molecular weight excluding hydrogens is 286 g/mol. The van der Waals surface area contributed by atoms with Crippen molar-refractivity contribution in [3.63, 3.8) is 0 Å². The van der Waals surface area contributed by atoms with Crippen LogP contribution >= 0.6 is 0 Å². The van der Waals surface area contributed by atoms with Crippen LogP contribution < -0.4 is 14.8 Å². The first-order valence-corrected chi connectivity index (χ1v) is 7.20. The average Bonchev–Trinajstić information content (AvgIpc) is 3.26. The Labute approximate surface area is 129 Å². The van der Waals surface area contributed by atoms with Crippen LogP contribution in [0.15, 0.2) is 18.2 Å².